The van der Waals surface area contributed by atoms with E-state index in [0.717, 1.165) is 18.9 Å². The maximum Gasteiger partial charge on any atom is 0.191 e. The highest BCUT2D eigenvalue weighted by Crippen LogP contribution is 2.22. The lowest BCUT2D eigenvalue weighted by atomic mass is 9.86. The SMILES string of the molecule is CN=C(NCCc1ccc(C(C)(C)C)cc1)NCCS(=O)C(C)(C)C. The zero-order valence-corrected chi connectivity index (χ0v) is 17.7. The molecule has 0 saturated heterocycles. The van der Waals surface area contributed by atoms with E-state index in [1.54, 1.807) is 7.05 Å². The molecule has 0 aliphatic rings. The number of hydrogen-bond acceptors (Lipinski definition) is 2. The zero-order chi connectivity index (χ0) is 19.1. The quantitative estimate of drug-likeness (QED) is 0.601. The van der Waals surface area contributed by atoms with Gasteiger partial charge in [-0.05, 0) is 43.7 Å². The van der Waals surface area contributed by atoms with Crippen molar-refractivity contribution in [2.24, 2.45) is 4.99 Å². The van der Waals surface area contributed by atoms with Gasteiger partial charge in [0.1, 0.15) is 0 Å². The van der Waals surface area contributed by atoms with Crippen LogP contribution in [0.15, 0.2) is 29.3 Å². The van der Waals surface area contributed by atoms with Crippen LogP contribution in [0, 0.1) is 0 Å². The zero-order valence-electron chi connectivity index (χ0n) is 16.9. The number of aliphatic imine (C=N–C) groups is 1. The summed E-state index contributed by atoms with van der Waals surface area (Å²) in [4.78, 5) is 4.22. The molecular formula is C20H35N3OS. The fourth-order valence-corrected chi connectivity index (χ4v) is 3.19. The first-order valence-corrected chi connectivity index (χ1v) is 10.3. The molecule has 1 aromatic carbocycles. The largest absolute Gasteiger partial charge is 0.356 e. The first kappa shape index (κ1) is 21.7. The van der Waals surface area contributed by atoms with E-state index in [4.69, 9.17) is 0 Å². The van der Waals surface area contributed by atoms with Gasteiger partial charge >= 0.3 is 0 Å². The Morgan fingerprint density at radius 3 is 2.04 bits per heavy atom. The van der Waals surface area contributed by atoms with Gasteiger partial charge in [0.15, 0.2) is 5.96 Å². The fraction of sp³-hybridized carbons (Fsp3) is 0.650. The molecule has 0 saturated carbocycles. The lowest BCUT2D eigenvalue weighted by Gasteiger charge is -2.19. The Balaban J connectivity index is 2.37. The van der Waals surface area contributed by atoms with Gasteiger partial charge in [0.2, 0.25) is 0 Å². The van der Waals surface area contributed by atoms with E-state index in [1.807, 2.05) is 20.8 Å². The van der Waals surface area contributed by atoms with E-state index in [9.17, 15) is 4.21 Å². The van der Waals surface area contributed by atoms with E-state index in [1.165, 1.54) is 11.1 Å². The number of rotatable bonds is 6. The molecule has 25 heavy (non-hydrogen) atoms. The molecule has 1 unspecified atom stereocenters. The van der Waals surface area contributed by atoms with Gasteiger partial charge in [-0.15, -0.1) is 0 Å². The molecule has 0 amide bonds. The normalized spacial score (nSPS) is 14.3. The third-order valence-electron chi connectivity index (χ3n) is 4.01. The molecule has 0 heterocycles. The van der Waals surface area contributed by atoms with Crippen LogP contribution in [-0.2, 0) is 22.6 Å². The number of nitrogens with one attached hydrogen (secondary N) is 2. The molecule has 0 aliphatic heterocycles. The minimum Gasteiger partial charge on any atom is -0.356 e. The Kier molecular flexibility index (Phi) is 8.13. The summed E-state index contributed by atoms with van der Waals surface area (Å²) in [6.45, 7) is 14.2. The van der Waals surface area contributed by atoms with Gasteiger partial charge in [0, 0.05) is 41.4 Å². The van der Waals surface area contributed by atoms with Gasteiger partial charge in [0.05, 0.1) is 0 Å². The molecule has 0 spiro atoms. The second-order valence-corrected chi connectivity index (χ2v) is 10.6. The Morgan fingerprint density at radius 2 is 1.56 bits per heavy atom. The Labute approximate surface area is 156 Å². The van der Waals surface area contributed by atoms with Gasteiger partial charge in [-0.1, -0.05) is 45.0 Å². The second kappa shape index (κ2) is 9.37. The molecule has 0 aromatic heterocycles. The van der Waals surface area contributed by atoms with Gasteiger partial charge in [-0.2, -0.15) is 0 Å². The third-order valence-corrected chi connectivity index (χ3v) is 5.95. The molecule has 1 aromatic rings. The van der Waals surface area contributed by atoms with Crippen molar-refractivity contribution in [3.63, 3.8) is 0 Å². The van der Waals surface area contributed by atoms with Crippen LogP contribution in [0.4, 0.5) is 0 Å². The van der Waals surface area contributed by atoms with E-state index >= 15 is 0 Å². The lowest BCUT2D eigenvalue weighted by Crippen LogP contribution is -2.41. The van der Waals surface area contributed by atoms with Gasteiger partial charge in [-0.25, -0.2) is 0 Å². The molecule has 0 radical (unpaired) electrons. The van der Waals surface area contributed by atoms with Crippen LogP contribution in [-0.4, -0.2) is 40.8 Å². The maximum atomic E-state index is 12.0. The van der Waals surface area contributed by atoms with Crippen LogP contribution in [0.2, 0.25) is 0 Å². The smallest absolute Gasteiger partial charge is 0.191 e. The summed E-state index contributed by atoms with van der Waals surface area (Å²) in [5.41, 5.74) is 2.86. The van der Waals surface area contributed by atoms with E-state index in [-0.39, 0.29) is 10.2 Å². The van der Waals surface area contributed by atoms with Crippen LogP contribution >= 0.6 is 0 Å². The van der Waals surface area contributed by atoms with Crippen LogP contribution in [0.1, 0.15) is 52.7 Å². The molecular weight excluding hydrogens is 330 g/mol. The molecule has 0 aliphatic carbocycles. The molecule has 1 atom stereocenters. The first-order chi connectivity index (χ1) is 11.5. The van der Waals surface area contributed by atoms with Crippen molar-refractivity contribution in [3.8, 4) is 0 Å². The molecule has 4 nitrogen and oxygen atoms in total. The summed E-state index contributed by atoms with van der Waals surface area (Å²) in [5.74, 6) is 1.38. The summed E-state index contributed by atoms with van der Waals surface area (Å²) < 4.78 is 11.9. The van der Waals surface area contributed by atoms with Crippen molar-refractivity contribution in [3.05, 3.63) is 35.4 Å². The van der Waals surface area contributed by atoms with Gasteiger partial charge in [-0.3, -0.25) is 9.20 Å². The molecule has 5 heteroatoms. The summed E-state index contributed by atoms with van der Waals surface area (Å²) in [6.07, 6.45) is 0.943. The fourth-order valence-electron chi connectivity index (χ4n) is 2.29. The molecule has 1 rings (SSSR count). The average Bonchev–Trinajstić information content (AvgIpc) is 2.52. The van der Waals surface area contributed by atoms with Crippen LogP contribution in [0.5, 0.6) is 0 Å². The molecule has 0 fully saturated rings. The third kappa shape index (κ3) is 8.04. The van der Waals surface area contributed by atoms with E-state index in [0.29, 0.717) is 12.3 Å². The van der Waals surface area contributed by atoms with Crippen molar-refractivity contribution < 1.29 is 4.21 Å². The summed E-state index contributed by atoms with van der Waals surface area (Å²) in [7, 11) is 0.912. The summed E-state index contributed by atoms with van der Waals surface area (Å²) in [6, 6.07) is 8.82. The Hall–Kier alpha value is -1.36. The highest BCUT2D eigenvalue weighted by atomic mass is 32.2. The van der Waals surface area contributed by atoms with Crippen LogP contribution in [0.3, 0.4) is 0 Å². The molecule has 2 N–H and O–H groups in total. The second-order valence-electron chi connectivity index (χ2n) is 8.28. The van der Waals surface area contributed by atoms with Gasteiger partial charge < -0.3 is 10.6 Å². The lowest BCUT2D eigenvalue weighted by molar-refractivity contribution is 0.590. The number of benzene rings is 1. The van der Waals surface area contributed by atoms with E-state index in [2.05, 4.69) is 60.7 Å². The highest BCUT2D eigenvalue weighted by Gasteiger charge is 2.18. The highest BCUT2D eigenvalue weighted by molar-refractivity contribution is 7.86. The number of hydrogen-bond donors (Lipinski definition) is 2. The van der Waals surface area contributed by atoms with Crippen molar-refractivity contribution in [1.82, 2.24) is 10.6 Å². The minimum absolute atomic E-state index is 0.169. The number of nitrogens with zero attached hydrogens (tertiary/aromatic N) is 1. The molecule has 142 valence electrons. The Bertz CT molecular complexity index is 580. The summed E-state index contributed by atoms with van der Waals surface area (Å²) in [5, 5.41) is 6.55. The van der Waals surface area contributed by atoms with Gasteiger partial charge in [0.25, 0.3) is 0 Å². The first-order valence-electron chi connectivity index (χ1n) is 8.96. The predicted molar refractivity (Wildman–Crippen MR) is 111 cm³/mol. The number of guanidine groups is 1. The van der Waals surface area contributed by atoms with Crippen LogP contribution < -0.4 is 10.6 Å². The summed E-state index contributed by atoms with van der Waals surface area (Å²) >= 11 is 0. The Morgan fingerprint density at radius 1 is 1.00 bits per heavy atom. The monoisotopic (exact) mass is 365 g/mol. The predicted octanol–water partition coefficient (Wildman–Crippen LogP) is 3.24. The minimum atomic E-state index is -0.846. The van der Waals surface area contributed by atoms with Crippen molar-refractivity contribution in [2.75, 3.05) is 25.9 Å². The standard InChI is InChI=1S/C20H35N3OS/c1-19(2,3)17-10-8-16(9-11-17)12-13-22-18(21-7)23-14-15-25(24)20(4,5)6/h8-11H,12-15H2,1-7H3,(H2,21,22,23). The van der Waals surface area contributed by atoms with Crippen LogP contribution in [0.25, 0.3) is 0 Å². The van der Waals surface area contributed by atoms with Crippen molar-refractivity contribution in [2.45, 2.75) is 58.1 Å². The average molecular weight is 366 g/mol. The van der Waals surface area contributed by atoms with Crippen molar-refractivity contribution in [1.29, 1.82) is 0 Å². The topological polar surface area (TPSA) is 53.5 Å². The van der Waals surface area contributed by atoms with Crippen molar-refractivity contribution >= 4 is 16.8 Å². The molecule has 0 bridgehead atoms. The van der Waals surface area contributed by atoms with E-state index < -0.39 is 10.8 Å². The maximum absolute atomic E-state index is 12.0.